The number of rotatable bonds is 28. The second-order valence-corrected chi connectivity index (χ2v) is 23.1. The molecule has 32 nitrogen and oxygen atoms in total. The Kier molecular flexibility index (Phi) is 19.9. The second-order valence-electron chi connectivity index (χ2n) is 11.8. The highest BCUT2D eigenvalue weighted by Gasteiger charge is 2.58. The number of hydrogen-bond donors (Lipinski definition) is 18. The molecule has 1 unspecified atom stereocenters. The normalized spacial score (nSPS) is 14.6. The molecule has 18 N–H and O–H groups in total. The summed E-state index contributed by atoms with van der Waals surface area (Å²) in [5, 5.41) is 50.2. The van der Waals surface area contributed by atoms with Crippen LogP contribution in [0.3, 0.4) is 0 Å². The average Bonchev–Trinajstić information content (AvgIpc) is 2.89. The summed E-state index contributed by atoms with van der Waals surface area (Å²) in [6.07, 6.45) is -5.78. The van der Waals surface area contributed by atoms with E-state index in [-0.39, 0.29) is 9.80 Å². The van der Waals surface area contributed by atoms with Crippen molar-refractivity contribution in [1.82, 2.24) is 20.0 Å². The van der Waals surface area contributed by atoms with Crippen LogP contribution in [-0.2, 0) is 51.4 Å². The van der Waals surface area contributed by atoms with Gasteiger partial charge in [0.05, 0.1) is 37.9 Å². The minimum atomic E-state index is -6.58. The molecule has 0 saturated heterocycles. The van der Waals surface area contributed by atoms with Crippen molar-refractivity contribution >= 4 is 75.4 Å². The fourth-order valence-electron chi connectivity index (χ4n) is 5.73. The first-order valence-corrected chi connectivity index (χ1v) is 24.7. The van der Waals surface area contributed by atoms with Gasteiger partial charge in [0, 0.05) is 32.2 Å². The lowest BCUT2D eigenvalue weighted by Gasteiger charge is -2.51. The lowest BCUT2D eigenvalue weighted by atomic mass is 9.78. The number of nitrogens with one attached hydrogen (secondary N) is 1. The Hall–Kier alpha value is -1.91. The lowest BCUT2D eigenvalue weighted by molar-refractivity contribution is -0.161. The Bertz CT molecular complexity index is 1680. The molecule has 0 heterocycles. The van der Waals surface area contributed by atoms with Crippen LogP contribution in [0.2, 0.25) is 0 Å². The molecule has 0 fully saturated rings. The first-order chi connectivity index (χ1) is 25.2. The van der Waals surface area contributed by atoms with E-state index in [2.05, 4.69) is 0 Å². The van der Waals surface area contributed by atoms with E-state index in [0.29, 0.717) is 0 Å². The highest BCUT2D eigenvalue weighted by atomic mass is 31.2. The lowest BCUT2D eigenvalue weighted by Crippen LogP contribution is -2.68. The van der Waals surface area contributed by atoms with Gasteiger partial charge >= 0.3 is 75.4 Å². The van der Waals surface area contributed by atoms with Gasteiger partial charge in [-0.2, -0.15) is 0 Å². The maximum atomic E-state index is 12.8. The second kappa shape index (κ2) is 20.6. The fraction of sp³-hybridized carbons (Fsp3) is 0.737. The zero-order chi connectivity index (χ0) is 45.5. The van der Waals surface area contributed by atoms with Gasteiger partial charge in [0.25, 0.3) is 0 Å². The zero-order valence-corrected chi connectivity index (χ0v) is 33.7. The van der Waals surface area contributed by atoms with Crippen molar-refractivity contribution in [2.75, 3.05) is 39.3 Å². The van der Waals surface area contributed by atoms with Crippen molar-refractivity contribution in [3.05, 3.63) is 0 Å². The molecule has 0 amide bonds. The maximum absolute atomic E-state index is 12.8. The summed E-state index contributed by atoms with van der Waals surface area (Å²) in [6, 6.07) is -3.04. The third-order valence-electron chi connectivity index (χ3n) is 7.42. The van der Waals surface area contributed by atoms with E-state index in [1.165, 1.54) is 0 Å². The molecule has 0 aliphatic rings. The molecule has 0 rings (SSSR count). The number of hydrogen-bond acceptors (Lipinski definition) is 15. The quantitative estimate of drug-likeness (QED) is 0.0327. The van der Waals surface area contributed by atoms with Gasteiger partial charge < -0.3 is 84.3 Å². The molecule has 0 aliphatic heterocycles. The third-order valence-corrected chi connectivity index (χ3v) is 18.1. The van der Waals surface area contributed by atoms with Crippen LogP contribution >= 0.6 is 45.6 Å². The van der Waals surface area contributed by atoms with E-state index in [1.807, 2.05) is 0 Å². The summed E-state index contributed by atoms with van der Waals surface area (Å²) in [5.41, 5.74) is -13.8. The van der Waals surface area contributed by atoms with Crippen molar-refractivity contribution in [2.24, 2.45) is 0 Å². The van der Waals surface area contributed by atoms with E-state index >= 15 is 0 Å². The van der Waals surface area contributed by atoms with Gasteiger partial charge in [0.2, 0.25) is 16.6 Å². The van der Waals surface area contributed by atoms with Crippen LogP contribution in [0.15, 0.2) is 0 Å². The van der Waals surface area contributed by atoms with Crippen LogP contribution in [0, 0.1) is 0 Å². The molecular weight excluding hydrogens is 918 g/mol. The molecule has 0 aromatic heterocycles. The van der Waals surface area contributed by atoms with E-state index in [4.69, 9.17) is 0 Å². The van der Waals surface area contributed by atoms with Crippen LogP contribution in [0.25, 0.3) is 0 Å². The fourth-order valence-corrected chi connectivity index (χ4v) is 13.8. The summed E-state index contributed by atoms with van der Waals surface area (Å²) in [4.78, 5) is 178. The average molecular weight is 958 g/mol. The molecule has 334 valence electrons. The highest BCUT2D eigenvalue weighted by molar-refractivity contribution is 7.71. The standard InChI is InChI=1S/C19H40N4O28P6/c24-11(25)5-10(19(6-12(26)27,7-13(28)29)22(8-14(30)31)9-15(32)33)23(18(56(46,47)48)57(49,50)51)4-3-21(17(54(40,41)42)55(43,44)45)2-1-20-16(52(34,35)36)53(37,38)39/h10,16-18,20H,1-9H2,(H,24,25)(H,26,27)(H,28,29)(H,30,31)(H,32,33)(H2,34,35,36)(H2,37,38,39)(H2,40,41,42)(H2,43,44,45)(H2,46,47,48)(H2,49,50,51). The van der Waals surface area contributed by atoms with E-state index < -0.39 is 167 Å². The van der Waals surface area contributed by atoms with Crippen molar-refractivity contribution < 1.29 is 136 Å². The summed E-state index contributed by atoms with van der Waals surface area (Å²) in [6.45, 7) is -9.87. The van der Waals surface area contributed by atoms with Crippen molar-refractivity contribution in [3.63, 3.8) is 0 Å². The number of carboxylic acid groups (broad SMARTS) is 5. The Balaban J connectivity index is 8.44. The molecule has 38 heteroatoms. The van der Waals surface area contributed by atoms with Crippen LogP contribution in [0.4, 0.5) is 0 Å². The summed E-state index contributed by atoms with van der Waals surface area (Å²) >= 11 is 0. The van der Waals surface area contributed by atoms with Crippen molar-refractivity contribution in [3.8, 4) is 0 Å². The summed E-state index contributed by atoms with van der Waals surface area (Å²) in [7, 11) is -37.4. The molecule has 0 aromatic carbocycles. The number of carboxylic acids is 5. The van der Waals surface area contributed by atoms with E-state index in [9.17, 15) is 136 Å². The zero-order valence-electron chi connectivity index (χ0n) is 28.3. The molecule has 1 atom stereocenters. The van der Waals surface area contributed by atoms with E-state index in [0.717, 1.165) is 0 Å². The Morgan fingerprint density at radius 3 is 1.14 bits per heavy atom. The van der Waals surface area contributed by atoms with Crippen LogP contribution in [0.5, 0.6) is 0 Å². The number of nitrogens with zero attached hydrogens (tertiary/aromatic N) is 3. The number of carbonyl (C=O) groups is 5. The van der Waals surface area contributed by atoms with Crippen molar-refractivity contribution in [2.45, 2.75) is 47.4 Å². The molecule has 0 aromatic rings. The molecule has 0 aliphatic carbocycles. The molecular formula is C19H40N4O28P6. The van der Waals surface area contributed by atoms with Gasteiger partial charge in [0.15, 0.2) is 0 Å². The van der Waals surface area contributed by atoms with Gasteiger partial charge in [-0.15, -0.1) is 0 Å². The van der Waals surface area contributed by atoms with Gasteiger partial charge in [-0.3, -0.25) is 71.4 Å². The van der Waals surface area contributed by atoms with Crippen LogP contribution < -0.4 is 5.32 Å². The Morgan fingerprint density at radius 2 is 0.860 bits per heavy atom. The SMILES string of the molecule is O=C(O)CC(N(CCN(CCNC(P(=O)(O)O)P(=O)(O)O)C(P(=O)(O)O)P(=O)(O)O)C(P(=O)(O)O)P(=O)(O)O)C(CC(=O)O)(CC(=O)O)N(CC(=O)O)CC(=O)O. The van der Waals surface area contributed by atoms with Crippen LogP contribution in [-0.4, -0.2) is 196 Å². The predicted octanol–water partition coefficient (Wildman–Crippen LogP) is -4.90. The predicted molar refractivity (Wildman–Crippen MR) is 180 cm³/mol. The topological polar surface area (TPSA) is 553 Å². The van der Waals surface area contributed by atoms with Gasteiger partial charge in [-0.25, -0.2) is 0 Å². The first-order valence-electron chi connectivity index (χ1n) is 14.6. The number of aliphatic carboxylic acids is 5. The molecule has 0 saturated carbocycles. The maximum Gasteiger partial charge on any atom is 0.354 e. The highest BCUT2D eigenvalue weighted by Crippen LogP contribution is 2.64. The smallest absolute Gasteiger partial charge is 0.354 e. The minimum absolute atomic E-state index is 0.0585. The van der Waals surface area contributed by atoms with Crippen LogP contribution in [0.1, 0.15) is 19.3 Å². The van der Waals surface area contributed by atoms with Gasteiger partial charge in [-0.1, -0.05) is 0 Å². The molecule has 0 spiro atoms. The summed E-state index contributed by atoms with van der Waals surface area (Å²) < 4.78 is 73.8. The first kappa shape index (κ1) is 55.1. The monoisotopic (exact) mass is 958 g/mol. The largest absolute Gasteiger partial charge is 0.481 e. The Morgan fingerprint density at radius 1 is 0.491 bits per heavy atom. The third kappa shape index (κ3) is 17.7. The molecule has 0 radical (unpaired) electrons. The van der Waals surface area contributed by atoms with Gasteiger partial charge in [-0.05, 0) is 0 Å². The van der Waals surface area contributed by atoms with E-state index in [1.54, 1.807) is 5.32 Å². The Labute approximate surface area is 317 Å². The minimum Gasteiger partial charge on any atom is -0.481 e. The molecule has 57 heavy (non-hydrogen) atoms. The summed E-state index contributed by atoms with van der Waals surface area (Å²) in [5.74, 6) is -11.0. The molecule has 0 bridgehead atoms. The van der Waals surface area contributed by atoms with Crippen molar-refractivity contribution in [1.29, 1.82) is 0 Å². The van der Waals surface area contributed by atoms with Gasteiger partial charge in [0.1, 0.15) is 0 Å².